The molecule has 0 unspecified atom stereocenters. The molecule has 0 radical (unpaired) electrons. The standard InChI is InChI=1S/C3H4O2.C2H7N5/c1-2-3(4)5;3-1(4)7-2(5)6/h2H,1H2,(H,4,5);(H7,3,4,5,6,7). The number of rotatable bonds is 1. The van der Waals surface area contributed by atoms with Gasteiger partial charge >= 0.3 is 5.97 Å². The van der Waals surface area contributed by atoms with Crippen LogP contribution in [0.15, 0.2) is 12.7 Å². The quantitative estimate of drug-likeness (QED) is 0.164. The molecular formula is C5H11N5O2. The average Bonchev–Trinajstić information content (AvgIpc) is 1.85. The molecule has 8 N–H and O–H groups in total. The molecule has 0 amide bonds. The van der Waals surface area contributed by atoms with E-state index in [0.29, 0.717) is 0 Å². The van der Waals surface area contributed by atoms with Crippen molar-refractivity contribution in [3.05, 3.63) is 12.7 Å². The van der Waals surface area contributed by atoms with Gasteiger partial charge in [0.1, 0.15) is 0 Å². The second-order valence-corrected chi connectivity index (χ2v) is 1.49. The van der Waals surface area contributed by atoms with E-state index in [1.165, 1.54) is 0 Å². The lowest BCUT2D eigenvalue weighted by Crippen LogP contribution is -2.39. The van der Waals surface area contributed by atoms with Crippen LogP contribution < -0.4 is 16.8 Å². The first kappa shape index (κ1) is 12.6. The van der Waals surface area contributed by atoms with Crippen LogP contribution in [0.2, 0.25) is 0 Å². The number of nitrogens with one attached hydrogen (secondary N) is 3. The van der Waals surface area contributed by atoms with Crippen LogP contribution in [0.3, 0.4) is 0 Å². The van der Waals surface area contributed by atoms with Gasteiger partial charge in [-0.2, -0.15) is 0 Å². The molecule has 0 aliphatic carbocycles. The number of carboxylic acids is 1. The molecule has 0 saturated carbocycles. The van der Waals surface area contributed by atoms with E-state index in [0.717, 1.165) is 6.08 Å². The second kappa shape index (κ2) is 7.06. The largest absolute Gasteiger partial charge is 0.478 e. The fourth-order valence-electron chi connectivity index (χ4n) is 0.145. The van der Waals surface area contributed by atoms with Gasteiger partial charge in [0.2, 0.25) is 0 Å². The SMILES string of the molecule is C=CC(=O)O.N=C(N)NC(=N)N. The Morgan fingerprint density at radius 1 is 1.42 bits per heavy atom. The molecule has 0 aromatic carbocycles. The van der Waals surface area contributed by atoms with Crippen LogP contribution in [-0.2, 0) is 4.79 Å². The van der Waals surface area contributed by atoms with E-state index in [1.54, 1.807) is 0 Å². The Balaban J connectivity index is 0. The zero-order valence-electron chi connectivity index (χ0n) is 6.29. The summed E-state index contributed by atoms with van der Waals surface area (Å²) >= 11 is 0. The van der Waals surface area contributed by atoms with Crippen molar-refractivity contribution in [3.63, 3.8) is 0 Å². The maximum absolute atomic E-state index is 9.25. The third kappa shape index (κ3) is 24.6. The van der Waals surface area contributed by atoms with Crippen molar-refractivity contribution in [2.45, 2.75) is 0 Å². The molecule has 7 heteroatoms. The summed E-state index contributed by atoms with van der Waals surface area (Å²) < 4.78 is 0. The van der Waals surface area contributed by atoms with Gasteiger partial charge in [0.15, 0.2) is 11.9 Å². The van der Waals surface area contributed by atoms with Crippen LogP contribution in [0.1, 0.15) is 0 Å². The fraction of sp³-hybridized carbons (Fsp3) is 0. The molecule has 12 heavy (non-hydrogen) atoms. The van der Waals surface area contributed by atoms with E-state index in [-0.39, 0.29) is 11.9 Å². The monoisotopic (exact) mass is 173 g/mol. The number of aliphatic carboxylic acids is 1. The number of hydrogen-bond acceptors (Lipinski definition) is 3. The highest BCUT2D eigenvalue weighted by molar-refractivity contribution is 5.93. The van der Waals surface area contributed by atoms with Crippen molar-refractivity contribution in [1.29, 1.82) is 10.8 Å². The van der Waals surface area contributed by atoms with Gasteiger partial charge in [0.05, 0.1) is 0 Å². The summed E-state index contributed by atoms with van der Waals surface area (Å²) in [6.07, 6.45) is 0.833. The van der Waals surface area contributed by atoms with E-state index in [2.05, 4.69) is 6.58 Å². The Bertz CT molecular complexity index is 188. The van der Waals surface area contributed by atoms with E-state index in [1.807, 2.05) is 5.32 Å². The lowest BCUT2D eigenvalue weighted by atomic mass is 10.7. The van der Waals surface area contributed by atoms with Gasteiger partial charge in [-0.1, -0.05) is 6.58 Å². The van der Waals surface area contributed by atoms with Crippen molar-refractivity contribution in [1.82, 2.24) is 5.32 Å². The van der Waals surface area contributed by atoms with E-state index >= 15 is 0 Å². The smallest absolute Gasteiger partial charge is 0.327 e. The summed E-state index contributed by atoms with van der Waals surface area (Å²) in [5, 5.41) is 22.6. The predicted octanol–water partition coefficient (Wildman–Crippen LogP) is -1.38. The lowest BCUT2D eigenvalue weighted by Gasteiger charge is -1.95. The van der Waals surface area contributed by atoms with Gasteiger partial charge in [-0.15, -0.1) is 0 Å². The van der Waals surface area contributed by atoms with E-state index in [9.17, 15) is 4.79 Å². The minimum atomic E-state index is -0.981. The Hall–Kier alpha value is -2.05. The first-order valence-corrected chi connectivity index (χ1v) is 2.70. The highest BCUT2D eigenvalue weighted by Gasteiger charge is 1.83. The zero-order valence-corrected chi connectivity index (χ0v) is 6.29. The zero-order chi connectivity index (χ0) is 10.1. The Labute approximate surface area is 69.1 Å². The molecule has 0 aliphatic heterocycles. The fourth-order valence-corrected chi connectivity index (χ4v) is 0.145. The molecule has 0 aromatic heterocycles. The number of guanidine groups is 2. The maximum atomic E-state index is 9.25. The molecule has 0 aromatic rings. The third-order valence-electron chi connectivity index (χ3n) is 0.444. The molecular weight excluding hydrogens is 162 g/mol. The molecule has 68 valence electrons. The Morgan fingerprint density at radius 2 is 1.67 bits per heavy atom. The van der Waals surface area contributed by atoms with Crippen LogP contribution in [0.5, 0.6) is 0 Å². The van der Waals surface area contributed by atoms with Gasteiger partial charge in [-0.05, 0) is 0 Å². The van der Waals surface area contributed by atoms with Crippen LogP contribution in [-0.4, -0.2) is 23.0 Å². The highest BCUT2D eigenvalue weighted by Crippen LogP contribution is 1.54. The third-order valence-corrected chi connectivity index (χ3v) is 0.444. The second-order valence-electron chi connectivity index (χ2n) is 1.49. The van der Waals surface area contributed by atoms with Crippen molar-refractivity contribution < 1.29 is 9.90 Å². The minimum absolute atomic E-state index is 0.312. The van der Waals surface area contributed by atoms with Gasteiger partial charge in [-0.25, -0.2) is 4.79 Å². The summed E-state index contributed by atoms with van der Waals surface area (Å²) in [4.78, 5) is 9.25. The topological polar surface area (TPSA) is 149 Å². The first-order valence-electron chi connectivity index (χ1n) is 2.70. The predicted molar refractivity (Wildman–Crippen MR) is 44.8 cm³/mol. The Kier molecular flexibility index (Phi) is 7.42. The minimum Gasteiger partial charge on any atom is -0.478 e. The van der Waals surface area contributed by atoms with Crippen LogP contribution in [0.4, 0.5) is 0 Å². The number of carboxylic acid groups (broad SMARTS) is 1. The van der Waals surface area contributed by atoms with Crippen molar-refractivity contribution in [2.75, 3.05) is 0 Å². The summed E-state index contributed by atoms with van der Waals surface area (Å²) in [7, 11) is 0. The molecule has 7 nitrogen and oxygen atoms in total. The normalized spacial score (nSPS) is 7.00. The first-order chi connectivity index (χ1) is 5.40. The van der Waals surface area contributed by atoms with Crippen LogP contribution >= 0.6 is 0 Å². The Morgan fingerprint density at radius 3 is 1.67 bits per heavy atom. The van der Waals surface area contributed by atoms with Gasteiger partial charge in [0.25, 0.3) is 0 Å². The van der Waals surface area contributed by atoms with Gasteiger partial charge in [-0.3, -0.25) is 16.1 Å². The number of carbonyl (C=O) groups is 1. The van der Waals surface area contributed by atoms with Gasteiger partial charge in [0, 0.05) is 6.08 Å². The molecule has 0 spiro atoms. The average molecular weight is 173 g/mol. The highest BCUT2D eigenvalue weighted by atomic mass is 16.4. The van der Waals surface area contributed by atoms with Crippen molar-refractivity contribution >= 4 is 17.9 Å². The molecule has 0 saturated heterocycles. The summed E-state index contributed by atoms with van der Waals surface area (Å²) in [5.41, 5.74) is 9.49. The molecule has 0 heterocycles. The summed E-state index contributed by atoms with van der Waals surface area (Å²) in [6.45, 7) is 2.96. The molecule has 0 atom stereocenters. The van der Waals surface area contributed by atoms with E-state index in [4.69, 9.17) is 27.4 Å². The molecule has 0 bridgehead atoms. The van der Waals surface area contributed by atoms with Crippen LogP contribution in [0.25, 0.3) is 0 Å². The summed E-state index contributed by atoms with van der Waals surface area (Å²) in [6, 6.07) is 0. The maximum Gasteiger partial charge on any atom is 0.327 e. The van der Waals surface area contributed by atoms with Gasteiger partial charge < -0.3 is 16.6 Å². The number of nitrogens with two attached hydrogens (primary N) is 2. The number of hydrogen-bond donors (Lipinski definition) is 6. The lowest BCUT2D eigenvalue weighted by molar-refractivity contribution is -0.131. The van der Waals surface area contributed by atoms with E-state index < -0.39 is 5.97 Å². The molecule has 0 fully saturated rings. The van der Waals surface area contributed by atoms with Crippen molar-refractivity contribution in [2.24, 2.45) is 11.5 Å². The van der Waals surface area contributed by atoms with Crippen LogP contribution in [0, 0.1) is 10.8 Å². The summed E-state index contributed by atoms with van der Waals surface area (Å²) in [5.74, 6) is -1.61. The van der Waals surface area contributed by atoms with Crippen molar-refractivity contribution in [3.8, 4) is 0 Å². The molecule has 0 aliphatic rings. The molecule has 0 rings (SSSR count).